The van der Waals surface area contributed by atoms with Crippen LogP contribution in [0.15, 0.2) is 51.1 Å². The summed E-state index contributed by atoms with van der Waals surface area (Å²) in [5, 5.41) is 1.60. The first-order valence-electron chi connectivity index (χ1n) is 9.73. The molecule has 3 heterocycles. The highest BCUT2D eigenvalue weighted by molar-refractivity contribution is 7.89. The Morgan fingerprint density at radius 3 is 2.63 bits per heavy atom. The van der Waals surface area contributed by atoms with Gasteiger partial charge in [0.15, 0.2) is 0 Å². The number of aryl methyl sites for hydroxylation is 1. The second-order valence-corrected chi connectivity index (χ2v) is 9.87. The van der Waals surface area contributed by atoms with Crippen molar-refractivity contribution in [2.24, 2.45) is 0 Å². The van der Waals surface area contributed by atoms with E-state index in [-0.39, 0.29) is 16.4 Å². The number of thiophene rings is 1. The van der Waals surface area contributed by atoms with E-state index in [2.05, 4.69) is 4.98 Å². The molecule has 1 saturated heterocycles. The third kappa shape index (κ3) is 4.19. The fourth-order valence-electron chi connectivity index (χ4n) is 3.36. The van der Waals surface area contributed by atoms with Crippen molar-refractivity contribution in [2.75, 3.05) is 13.1 Å². The van der Waals surface area contributed by atoms with Crippen molar-refractivity contribution in [1.82, 2.24) is 9.29 Å². The summed E-state index contributed by atoms with van der Waals surface area (Å²) in [6.45, 7) is 2.61. The van der Waals surface area contributed by atoms with E-state index in [0.717, 1.165) is 36.2 Å². The molecule has 30 heavy (non-hydrogen) atoms. The van der Waals surface area contributed by atoms with Crippen molar-refractivity contribution >= 4 is 27.3 Å². The van der Waals surface area contributed by atoms with E-state index >= 15 is 0 Å². The van der Waals surface area contributed by atoms with Gasteiger partial charge in [0.1, 0.15) is 27.8 Å². The van der Waals surface area contributed by atoms with Gasteiger partial charge in [-0.2, -0.15) is 4.31 Å². The van der Waals surface area contributed by atoms with Gasteiger partial charge in [0.25, 0.3) is 0 Å². The number of aromatic nitrogens is 1. The van der Waals surface area contributed by atoms with Gasteiger partial charge in [0.05, 0.1) is 0 Å². The van der Waals surface area contributed by atoms with Crippen molar-refractivity contribution < 1.29 is 22.4 Å². The number of benzene rings is 1. The van der Waals surface area contributed by atoms with Crippen LogP contribution in [-0.2, 0) is 21.4 Å². The molecule has 158 valence electrons. The second-order valence-electron chi connectivity index (χ2n) is 7.04. The van der Waals surface area contributed by atoms with Crippen LogP contribution in [-0.4, -0.2) is 36.8 Å². The standard InChI is InChI=1S/C21H22N2O5S2/c1-15-17(22-20(28-15)16-8-4-2-5-9-16)14-27-21(24)19-18(10-13-29-19)30(25,26)23-11-6-3-7-12-23/h2,4-5,8-10,13H,3,6-7,11-12,14H2,1H3. The topological polar surface area (TPSA) is 89.7 Å². The normalized spacial score (nSPS) is 15.2. The predicted molar refractivity (Wildman–Crippen MR) is 113 cm³/mol. The number of rotatable bonds is 6. The Balaban J connectivity index is 1.48. The first kappa shape index (κ1) is 20.8. The van der Waals surface area contributed by atoms with E-state index in [4.69, 9.17) is 9.15 Å². The first-order chi connectivity index (χ1) is 14.5. The fraction of sp³-hybridized carbons (Fsp3) is 0.333. The molecule has 0 aliphatic carbocycles. The molecule has 0 amide bonds. The van der Waals surface area contributed by atoms with Gasteiger partial charge < -0.3 is 9.15 Å². The SMILES string of the molecule is Cc1oc(-c2ccccc2)nc1COC(=O)c1sccc1S(=O)(=O)N1CCCCC1. The van der Waals surface area contributed by atoms with Crippen LogP contribution in [0.5, 0.6) is 0 Å². The molecule has 0 bridgehead atoms. The summed E-state index contributed by atoms with van der Waals surface area (Å²) in [6, 6.07) is 10.9. The van der Waals surface area contributed by atoms with Gasteiger partial charge in [-0.25, -0.2) is 18.2 Å². The molecule has 7 nitrogen and oxygen atoms in total. The lowest BCUT2D eigenvalue weighted by Crippen LogP contribution is -2.36. The molecule has 0 N–H and O–H groups in total. The summed E-state index contributed by atoms with van der Waals surface area (Å²) >= 11 is 1.07. The first-order valence-corrected chi connectivity index (χ1v) is 12.1. The molecule has 1 aliphatic heterocycles. The van der Waals surface area contributed by atoms with Crippen molar-refractivity contribution in [3.63, 3.8) is 0 Å². The lowest BCUT2D eigenvalue weighted by atomic mass is 10.2. The Morgan fingerprint density at radius 2 is 1.90 bits per heavy atom. The molecule has 1 aliphatic rings. The number of nitrogens with zero attached hydrogens (tertiary/aromatic N) is 2. The average Bonchev–Trinajstić information content (AvgIpc) is 3.41. The molecule has 0 atom stereocenters. The lowest BCUT2D eigenvalue weighted by molar-refractivity contribution is 0.0468. The minimum Gasteiger partial charge on any atom is -0.455 e. The molecular weight excluding hydrogens is 424 g/mol. The molecule has 9 heteroatoms. The molecule has 0 unspecified atom stereocenters. The van der Waals surface area contributed by atoms with Crippen LogP contribution in [0.1, 0.15) is 40.4 Å². The maximum Gasteiger partial charge on any atom is 0.350 e. The molecule has 0 radical (unpaired) electrons. The largest absolute Gasteiger partial charge is 0.455 e. The van der Waals surface area contributed by atoms with Crippen molar-refractivity contribution in [2.45, 2.75) is 37.7 Å². The minimum absolute atomic E-state index is 0.0150. The van der Waals surface area contributed by atoms with Crippen LogP contribution < -0.4 is 0 Å². The summed E-state index contributed by atoms with van der Waals surface area (Å²) < 4.78 is 38.4. The Bertz CT molecular complexity index is 1130. The van der Waals surface area contributed by atoms with Crippen LogP contribution in [0.2, 0.25) is 0 Å². The third-order valence-corrected chi connectivity index (χ3v) is 7.97. The third-order valence-electron chi connectivity index (χ3n) is 5.00. The Kier molecular flexibility index (Phi) is 6.03. The van der Waals surface area contributed by atoms with Gasteiger partial charge in [-0.05, 0) is 43.3 Å². The molecule has 1 fully saturated rings. The van der Waals surface area contributed by atoms with E-state index < -0.39 is 16.0 Å². The minimum atomic E-state index is -3.71. The zero-order chi connectivity index (χ0) is 21.1. The van der Waals surface area contributed by atoms with E-state index in [1.54, 1.807) is 12.3 Å². The van der Waals surface area contributed by atoms with Crippen LogP contribution in [0, 0.1) is 6.92 Å². The van der Waals surface area contributed by atoms with Gasteiger partial charge >= 0.3 is 5.97 Å². The quantitative estimate of drug-likeness (QED) is 0.526. The van der Waals surface area contributed by atoms with Crippen molar-refractivity contribution in [3.05, 3.63) is 58.1 Å². The van der Waals surface area contributed by atoms with Crippen LogP contribution >= 0.6 is 11.3 Å². The Morgan fingerprint density at radius 1 is 1.17 bits per heavy atom. The van der Waals surface area contributed by atoms with Gasteiger partial charge in [-0.1, -0.05) is 24.6 Å². The van der Waals surface area contributed by atoms with E-state index in [9.17, 15) is 13.2 Å². The Labute approximate surface area is 179 Å². The molecule has 3 aromatic rings. The highest BCUT2D eigenvalue weighted by Gasteiger charge is 2.31. The average molecular weight is 447 g/mol. The van der Waals surface area contributed by atoms with Crippen molar-refractivity contribution in [1.29, 1.82) is 0 Å². The van der Waals surface area contributed by atoms with Gasteiger partial charge in [0, 0.05) is 18.7 Å². The van der Waals surface area contributed by atoms with Crippen molar-refractivity contribution in [3.8, 4) is 11.5 Å². The van der Waals surface area contributed by atoms with E-state index in [1.807, 2.05) is 30.3 Å². The number of carbonyl (C=O) groups excluding carboxylic acids is 1. The number of carbonyl (C=O) groups is 1. The van der Waals surface area contributed by atoms with Gasteiger partial charge in [-0.3, -0.25) is 0 Å². The Hall–Kier alpha value is -2.49. The monoisotopic (exact) mass is 446 g/mol. The number of esters is 1. The molecule has 1 aromatic carbocycles. The molecular formula is C21H22N2O5S2. The fourth-order valence-corrected chi connectivity index (χ4v) is 6.16. The maximum atomic E-state index is 13.0. The predicted octanol–water partition coefficient (Wildman–Crippen LogP) is 4.24. The number of piperidine rings is 1. The summed E-state index contributed by atoms with van der Waals surface area (Å²) in [5.74, 6) is 0.321. The highest BCUT2D eigenvalue weighted by Crippen LogP contribution is 2.28. The number of hydrogen-bond donors (Lipinski definition) is 0. The molecule has 0 spiro atoms. The maximum absolute atomic E-state index is 13.0. The van der Waals surface area contributed by atoms with Gasteiger partial charge in [0.2, 0.25) is 15.9 Å². The zero-order valence-corrected chi connectivity index (χ0v) is 18.2. The van der Waals surface area contributed by atoms with Crippen LogP contribution in [0.3, 0.4) is 0 Å². The molecule has 2 aromatic heterocycles. The summed E-state index contributed by atoms with van der Waals surface area (Å²) in [4.78, 5) is 17.2. The van der Waals surface area contributed by atoms with Crippen LogP contribution in [0.4, 0.5) is 0 Å². The number of oxazole rings is 1. The van der Waals surface area contributed by atoms with E-state index in [1.165, 1.54) is 10.4 Å². The van der Waals surface area contributed by atoms with Crippen LogP contribution in [0.25, 0.3) is 11.5 Å². The summed E-state index contributed by atoms with van der Waals surface area (Å²) in [5.41, 5.74) is 1.32. The number of hydrogen-bond acceptors (Lipinski definition) is 7. The number of ether oxygens (including phenoxy) is 1. The van der Waals surface area contributed by atoms with Gasteiger partial charge in [-0.15, -0.1) is 11.3 Å². The zero-order valence-electron chi connectivity index (χ0n) is 16.5. The number of sulfonamides is 1. The second kappa shape index (κ2) is 8.71. The molecule has 0 saturated carbocycles. The molecule has 4 rings (SSSR count). The summed E-state index contributed by atoms with van der Waals surface area (Å²) in [7, 11) is -3.71. The highest BCUT2D eigenvalue weighted by atomic mass is 32.2. The lowest BCUT2D eigenvalue weighted by Gasteiger charge is -2.25. The smallest absolute Gasteiger partial charge is 0.350 e. The van der Waals surface area contributed by atoms with E-state index in [0.29, 0.717) is 30.4 Å². The summed E-state index contributed by atoms with van der Waals surface area (Å²) in [6.07, 6.45) is 2.68.